The van der Waals surface area contributed by atoms with Crippen LogP contribution in [0.15, 0.2) is 24.3 Å². The summed E-state index contributed by atoms with van der Waals surface area (Å²) in [5, 5.41) is 8.66. The number of nitrogens with two attached hydrogens (primary N) is 1. The molecule has 0 radical (unpaired) electrons. The molecular formula is C13H18Cl2N2O3. The van der Waals surface area contributed by atoms with E-state index in [4.69, 9.17) is 38.8 Å². The van der Waals surface area contributed by atoms with Crippen molar-refractivity contribution in [1.82, 2.24) is 0 Å². The van der Waals surface area contributed by atoms with Gasteiger partial charge in [0, 0.05) is 30.5 Å². The van der Waals surface area contributed by atoms with Gasteiger partial charge >= 0.3 is 5.97 Å². The summed E-state index contributed by atoms with van der Waals surface area (Å²) in [5.74, 6) is 0.518. The van der Waals surface area contributed by atoms with Crippen LogP contribution < -0.4 is 15.4 Å². The van der Waals surface area contributed by atoms with Crippen molar-refractivity contribution in [2.45, 2.75) is 6.04 Å². The van der Waals surface area contributed by atoms with E-state index in [2.05, 4.69) is 4.90 Å². The Morgan fingerprint density at radius 3 is 2.25 bits per heavy atom. The van der Waals surface area contributed by atoms with Crippen molar-refractivity contribution < 1.29 is 14.6 Å². The Hall–Kier alpha value is -1.17. The second kappa shape index (κ2) is 8.89. The molecular weight excluding hydrogens is 303 g/mol. The van der Waals surface area contributed by atoms with Gasteiger partial charge in [0.15, 0.2) is 0 Å². The van der Waals surface area contributed by atoms with Gasteiger partial charge in [-0.1, -0.05) is 0 Å². The number of benzene rings is 1. The summed E-state index contributed by atoms with van der Waals surface area (Å²) in [5.41, 5.74) is 6.35. The lowest BCUT2D eigenvalue weighted by atomic mass is 10.2. The van der Waals surface area contributed by atoms with Crippen LogP contribution in [-0.2, 0) is 4.79 Å². The van der Waals surface area contributed by atoms with Gasteiger partial charge < -0.3 is 20.5 Å². The molecule has 0 bridgehead atoms. The van der Waals surface area contributed by atoms with Gasteiger partial charge in [0.25, 0.3) is 0 Å². The van der Waals surface area contributed by atoms with E-state index in [1.54, 1.807) is 12.1 Å². The number of carboxylic acid groups (broad SMARTS) is 1. The Labute approximate surface area is 128 Å². The minimum absolute atomic E-state index is 0.0677. The van der Waals surface area contributed by atoms with Gasteiger partial charge in [-0.15, -0.1) is 23.2 Å². The first-order valence-corrected chi connectivity index (χ1v) is 7.23. The van der Waals surface area contributed by atoms with Crippen molar-refractivity contribution in [3.8, 4) is 5.75 Å². The van der Waals surface area contributed by atoms with E-state index < -0.39 is 12.0 Å². The Morgan fingerprint density at radius 2 is 1.80 bits per heavy atom. The maximum absolute atomic E-state index is 10.6. The van der Waals surface area contributed by atoms with Gasteiger partial charge in [0.1, 0.15) is 18.4 Å². The monoisotopic (exact) mass is 320 g/mol. The molecule has 1 atom stereocenters. The van der Waals surface area contributed by atoms with E-state index in [0.717, 1.165) is 5.69 Å². The van der Waals surface area contributed by atoms with E-state index >= 15 is 0 Å². The molecule has 3 N–H and O–H groups in total. The van der Waals surface area contributed by atoms with E-state index in [9.17, 15) is 4.79 Å². The molecule has 1 unspecified atom stereocenters. The molecule has 20 heavy (non-hydrogen) atoms. The van der Waals surface area contributed by atoms with Crippen molar-refractivity contribution in [1.29, 1.82) is 0 Å². The van der Waals surface area contributed by atoms with E-state index in [-0.39, 0.29) is 6.61 Å². The summed E-state index contributed by atoms with van der Waals surface area (Å²) in [6, 6.07) is 6.25. The summed E-state index contributed by atoms with van der Waals surface area (Å²) >= 11 is 11.5. The fourth-order valence-corrected chi connectivity index (χ4v) is 1.99. The quantitative estimate of drug-likeness (QED) is 0.678. The normalized spacial score (nSPS) is 11.9. The summed E-state index contributed by atoms with van der Waals surface area (Å²) in [6.07, 6.45) is 0. The maximum Gasteiger partial charge on any atom is 0.324 e. The molecule has 5 nitrogen and oxygen atoms in total. The third-order valence-electron chi connectivity index (χ3n) is 2.66. The van der Waals surface area contributed by atoms with Crippen molar-refractivity contribution in [2.75, 3.05) is 36.4 Å². The first-order valence-electron chi connectivity index (χ1n) is 6.16. The van der Waals surface area contributed by atoms with Crippen LogP contribution in [0.1, 0.15) is 0 Å². The molecule has 0 amide bonds. The minimum Gasteiger partial charge on any atom is -0.491 e. The number of ether oxygens (including phenoxy) is 1. The van der Waals surface area contributed by atoms with E-state index in [1.807, 2.05) is 12.1 Å². The predicted molar refractivity (Wildman–Crippen MR) is 81.2 cm³/mol. The second-order valence-electron chi connectivity index (χ2n) is 4.11. The Kier molecular flexibility index (Phi) is 7.51. The Morgan fingerprint density at radius 1 is 1.25 bits per heavy atom. The molecule has 1 aromatic rings. The van der Waals surface area contributed by atoms with Gasteiger partial charge in [-0.2, -0.15) is 0 Å². The van der Waals surface area contributed by atoms with Crippen LogP contribution in [0.3, 0.4) is 0 Å². The summed E-state index contributed by atoms with van der Waals surface area (Å²) < 4.78 is 5.31. The highest BCUT2D eigenvalue weighted by Gasteiger charge is 2.12. The molecule has 0 aliphatic heterocycles. The molecule has 0 aliphatic carbocycles. The number of carbonyl (C=O) groups is 1. The number of hydrogen-bond donors (Lipinski definition) is 2. The average Bonchev–Trinajstić information content (AvgIpc) is 2.45. The van der Waals surface area contributed by atoms with E-state index in [0.29, 0.717) is 30.6 Å². The first-order chi connectivity index (χ1) is 9.58. The lowest BCUT2D eigenvalue weighted by Gasteiger charge is -2.23. The Bertz CT molecular complexity index is 409. The lowest BCUT2D eigenvalue weighted by molar-refractivity contribution is -0.139. The molecule has 0 saturated carbocycles. The molecule has 0 heterocycles. The highest BCUT2D eigenvalue weighted by Crippen LogP contribution is 2.19. The zero-order valence-corrected chi connectivity index (χ0v) is 12.5. The number of rotatable bonds is 9. The van der Waals surface area contributed by atoms with Crippen LogP contribution in [-0.4, -0.2) is 48.6 Å². The highest BCUT2D eigenvalue weighted by molar-refractivity contribution is 6.18. The first kappa shape index (κ1) is 16.9. The maximum atomic E-state index is 10.6. The number of anilines is 1. The molecule has 0 aliphatic rings. The van der Waals surface area contributed by atoms with Crippen molar-refractivity contribution in [3.63, 3.8) is 0 Å². The summed E-state index contributed by atoms with van der Waals surface area (Å²) in [4.78, 5) is 12.6. The number of halogens is 2. The lowest BCUT2D eigenvalue weighted by Crippen LogP contribution is -2.36. The van der Waals surface area contributed by atoms with Crippen molar-refractivity contribution >= 4 is 34.9 Å². The third kappa shape index (κ3) is 5.45. The highest BCUT2D eigenvalue weighted by atomic mass is 35.5. The molecule has 1 rings (SSSR count). The third-order valence-corrected chi connectivity index (χ3v) is 3.00. The smallest absolute Gasteiger partial charge is 0.324 e. The van der Waals surface area contributed by atoms with Gasteiger partial charge in [0.05, 0.1) is 0 Å². The zero-order valence-electron chi connectivity index (χ0n) is 11.0. The second-order valence-corrected chi connectivity index (χ2v) is 4.87. The van der Waals surface area contributed by atoms with Gasteiger partial charge in [-0.3, -0.25) is 4.79 Å². The number of hydrogen-bond acceptors (Lipinski definition) is 4. The minimum atomic E-state index is -1.09. The summed E-state index contributed by atoms with van der Waals surface area (Å²) in [6.45, 7) is 1.35. The number of alkyl halides is 2. The van der Waals surface area contributed by atoms with Gasteiger partial charge in [-0.25, -0.2) is 0 Å². The molecule has 0 fully saturated rings. The molecule has 0 aromatic heterocycles. The fraction of sp³-hybridized carbons (Fsp3) is 0.462. The predicted octanol–water partition coefficient (Wildman–Crippen LogP) is 1.76. The van der Waals surface area contributed by atoms with Gasteiger partial charge in [0.2, 0.25) is 0 Å². The van der Waals surface area contributed by atoms with Gasteiger partial charge in [-0.05, 0) is 24.3 Å². The largest absolute Gasteiger partial charge is 0.491 e. The van der Waals surface area contributed by atoms with Crippen molar-refractivity contribution in [2.24, 2.45) is 5.73 Å². The number of aliphatic carboxylic acids is 1. The van der Waals surface area contributed by atoms with Crippen LogP contribution in [0.5, 0.6) is 5.75 Å². The molecule has 0 spiro atoms. The zero-order chi connectivity index (χ0) is 15.0. The number of carboxylic acids is 1. The molecule has 0 saturated heterocycles. The van der Waals surface area contributed by atoms with Crippen LogP contribution in [0.25, 0.3) is 0 Å². The molecule has 1 aromatic carbocycles. The number of nitrogens with zero attached hydrogens (tertiary/aromatic N) is 1. The summed E-state index contributed by atoms with van der Waals surface area (Å²) in [7, 11) is 0. The van der Waals surface area contributed by atoms with Crippen LogP contribution in [0.4, 0.5) is 5.69 Å². The van der Waals surface area contributed by atoms with Crippen molar-refractivity contribution in [3.05, 3.63) is 24.3 Å². The molecule has 7 heteroatoms. The standard InChI is InChI=1S/C13H18Cl2N2O3/c14-5-7-17(8-6-15)10-1-3-11(4-2-10)20-9-12(16)13(18)19/h1-4,12H,5-9,16H2,(H,18,19). The fourth-order valence-electron chi connectivity index (χ4n) is 1.58. The van der Waals surface area contributed by atoms with Crippen LogP contribution in [0.2, 0.25) is 0 Å². The van der Waals surface area contributed by atoms with Crippen LogP contribution in [0, 0.1) is 0 Å². The van der Waals surface area contributed by atoms with E-state index in [1.165, 1.54) is 0 Å². The topological polar surface area (TPSA) is 75.8 Å². The molecule has 112 valence electrons. The van der Waals surface area contributed by atoms with Crippen LogP contribution >= 0.6 is 23.2 Å². The average molecular weight is 321 g/mol. The Balaban J connectivity index is 2.60. The SMILES string of the molecule is NC(COc1ccc(N(CCCl)CCCl)cc1)C(=O)O.